The smallest absolute Gasteiger partial charge is 0.438 e. The highest BCUT2D eigenvalue weighted by molar-refractivity contribution is 7.49. The van der Waals surface area contributed by atoms with Gasteiger partial charge in [0.2, 0.25) is 50.3 Å². The molecule has 2 rings (SSSR count). The summed E-state index contributed by atoms with van der Waals surface area (Å²) in [5.41, 5.74) is -2.20. The molecule has 1 saturated heterocycles. The minimum absolute atomic E-state index is 0.000574. The Labute approximate surface area is 432 Å². The zero-order valence-electron chi connectivity index (χ0n) is 42.1. The van der Waals surface area contributed by atoms with Gasteiger partial charge in [-0.3, -0.25) is 93.7 Å². The van der Waals surface area contributed by atoms with Crippen LogP contribution < -0.4 is 0 Å². The third-order valence-corrected chi connectivity index (χ3v) is 15.3. The molecule has 0 spiro atoms. The number of Topliss-reactive ketones (excluding diaryl/α,β-unsaturated/α-hetero) is 8. The van der Waals surface area contributed by atoms with Gasteiger partial charge in [-0.25, -0.2) is 36.4 Å². The van der Waals surface area contributed by atoms with Gasteiger partial charge in [0.1, 0.15) is 50.8 Å². The second-order valence-electron chi connectivity index (χ2n) is 15.8. The van der Waals surface area contributed by atoms with Gasteiger partial charge in [-0.1, -0.05) is 13.3 Å². The molecule has 1 heterocycles. The van der Waals surface area contributed by atoms with Gasteiger partial charge in [0.25, 0.3) is 0 Å². The van der Waals surface area contributed by atoms with E-state index in [-0.39, 0.29) is 25.9 Å². The van der Waals surface area contributed by atoms with Crippen molar-refractivity contribution in [2.24, 2.45) is 5.41 Å². The van der Waals surface area contributed by atoms with Gasteiger partial charge >= 0.3 is 55.2 Å². The van der Waals surface area contributed by atoms with Crippen LogP contribution in [0.1, 0.15) is 81.6 Å². The summed E-state index contributed by atoms with van der Waals surface area (Å²) in [5, 5.41) is 0. The van der Waals surface area contributed by atoms with Gasteiger partial charge in [-0.05, 0) is 12.8 Å². The number of phosphoric acid groups is 4. The number of carbonyl (C=O) groups is 12. The van der Waals surface area contributed by atoms with E-state index in [0.717, 1.165) is 55.4 Å². The molecule has 430 valence electrons. The Morgan fingerprint density at radius 2 is 0.697 bits per heavy atom. The molecule has 0 aromatic rings. The third kappa shape index (κ3) is 22.5. The van der Waals surface area contributed by atoms with Gasteiger partial charge in [0.05, 0.1) is 6.10 Å². The van der Waals surface area contributed by atoms with Crippen molar-refractivity contribution >= 4 is 101 Å². The van der Waals surface area contributed by atoms with Crippen LogP contribution in [0.3, 0.4) is 0 Å². The van der Waals surface area contributed by atoms with Crippen LogP contribution in [-0.2, 0) is 154 Å². The molecule has 0 N–H and O–H groups in total. The molecule has 0 unspecified atom stereocenters. The Balaban J connectivity index is 3.37. The van der Waals surface area contributed by atoms with Gasteiger partial charge in [0.15, 0.2) is 23.1 Å². The monoisotopic (exact) mass is 1180 g/mol. The molecule has 0 amide bonds. The molecule has 2 aliphatic rings. The van der Waals surface area contributed by atoms with Crippen LogP contribution in [0.15, 0.2) is 0 Å². The van der Waals surface area contributed by atoms with E-state index in [0.29, 0.717) is 0 Å². The Morgan fingerprint density at radius 3 is 1.01 bits per heavy atom. The summed E-state index contributed by atoms with van der Waals surface area (Å²) >= 11 is 0. The second-order valence-corrected chi connectivity index (χ2v) is 22.3. The van der Waals surface area contributed by atoms with E-state index in [2.05, 4.69) is 0 Å². The summed E-state index contributed by atoms with van der Waals surface area (Å²) in [5.74, 6) is -14.9. The Hall–Kier alpha value is -4.36. The number of carbonyl (C=O) groups excluding carboxylic acids is 12. The van der Waals surface area contributed by atoms with E-state index < -0.39 is 191 Å². The predicted molar refractivity (Wildman–Crippen MR) is 239 cm³/mol. The predicted octanol–water partition coefficient (Wildman–Crippen LogP) is 2.40. The van der Waals surface area contributed by atoms with Crippen LogP contribution in [-0.4, -0.2) is 161 Å². The van der Waals surface area contributed by atoms with Crippen molar-refractivity contribution in [3.8, 4) is 0 Å². The number of hydrogen-bond acceptors (Lipinski definition) is 33. The first-order chi connectivity index (χ1) is 35.2. The van der Waals surface area contributed by atoms with E-state index in [1.54, 1.807) is 0 Å². The van der Waals surface area contributed by atoms with Crippen molar-refractivity contribution in [3.05, 3.63) is 0 Å². The summed E-state index contributed by atoms with van der Waals surface area (Å²) in [6, 6.07) is 0. The molecule has 76 heavy (non-hydrogen) atoms. The highest BCUT2D eigenvalue weighted by atomic mass is 31.2. The normalized spacial score (nSPS) is 20.9. The van der Waals surface area contributed by atoms with Crippen LogP contribution in [0.25, 0.3) is 0 Å². The third-order valence-electron chi connectivity index (χ3n) is 9.82. The minimum Gasteiger partial charge on any atom is -0.438 e. The maximum atomic E-state index is 15.0. The van der Waals surface area contributed by atoms with E-state index in [1.807, 2.05) is 0 Å². The molecular formula is C39H56O33P4. The van der Waals surface area contributed by atoms with Crippen LogP contribution >= 0.6 is 31.3 Å². The number of phosphoric ester groups is 4. The maximum absolute atomic E-state index is 15.0. The van der Waals surface area contributed by atoms with Crippen molar-refractivity contribution in [2.75, 3.05) is 60.2 Å². The molecule has 6 atom stereocenters. The highest BCUT2D eigenvalue weighted by Crippen LogP contribution is 2.65. The van der Waals surface area contributed by atoms with Gasteiger partial charge in [0, 0.05) is 67.4 Å². The van der Waals surface area contributed by atoms with E-state index >= 15 is 4.57 Å². The summed E-state index contributed by atoms with van der Waals surface area (Å²) in [6.07, 6.45) is -13.0. The number of ketones is 8. The lowest BCUT2D eigenvalue weighted by molar-refractivity contribution is -0.236. The summed E-state index contributed by atoms with van der Waals surface area (Å²) in [7, 11) is -23.2. The zero-order valence-corrected chi connectivity index (χ0v) is 45.7. The van der Waals surface area contributed by atoms with Crippen LogP contribution in [0, 0.1) is 5.41 Å². The highest BCUT2D eigenvalue weighted by Gasteiger charge is 2.66. The second kappa shape index (κ2) is 30.7. The number of ether oxygens (including phenoxy) is 5. The number of esters is 4. The van der Waals surface area contributed by atoms with Crippen molar-refractivity contribution in [1.29, 1.82) is 0 Å². The lowest BCUT2D eigenvalue weighted by Gasteiger charge is -2.55. The molecule has 1 saturated carbocycles. The molecule has 0 radical (unpaired) electrons. The average Bonchev–Trinajstić information content (AvgIpc) is 3.51. The number of fused-ring (bicyclic) bond motifs is 1. The first kappa shape index (κ1) is 67.7. The Bertz CT molecular complexity index is 2280. The number of rotatable bonds is 36. The molecule has 2 fully saturated rings. The van der Waals surface area contributed by atoms with Crippen molar-refractivity contribution in [3.63, 3.8) is 0 Å². The van der Waals surface area contributed by atoms with Crippen molar-refractivity contribution < 1.29 is 154 Å². The number of hydrogen-bond donors (Lipinski definition) is 0. The fourth-order valence-corrected chi connectivity index (χ4v) is 10.8. The first-order valence-corrected chi connectivity index (χ1v) is 27.6. The molecule has 0 aromatic carbocycles. The molecular weight excluding hydrogens is 1120 g/mol. The summed E-state index contributed by atoms with van der Waals surface area (Å²) in [6.45, 7) is -4.10. The lowest BCUT2D eigenvalue weighted by Crippen LogP contribution is -2.68. The van der Waals surface area contributed by atoms with Crippen molar-refractivity contribution in [2.45, 2.75) is 112 Å². The van der Waals surface area contributed by atoms with Crippen molar-refractivity contribution in [1.82, 2.24) is 0 Å². The fourth-order valence-electron chi connectivity index (χ4n) is 5.99. The topological polar surface area (TPSA) is 430 Å². The molecule has 0 bridgehead atoms. The summed E-state index contributed by atoms with van der Waals surface area (Å²) < 4.78 is 150. The van der Waals surface area contributed by atoms with Crippen LogP contribution in [0.5, 0.6) is 0 Å². The van der Waals surface area contributed by atoms with Gasteiger partial charge < -0.3 is 23.7 Å². The largest absolute Gasteiger partial charge is 0.481 e. The summed E-state index contributed by atoms with van der Waals surface area (Å²) in [4.78, 5) is 146. The quantitative estimate of drug-likeness (QED) is 0.0286. The van der Waals surface area contributed by atoms with E-state index in [9.17, 15) is 71.2 Å². The van der Waals surface area contributed by atoms with Crippen LogP contribution in [0.4, 0.5) is 0 Å². The van der Waals surface area contributed by atoms with E-state index in [1.165, 1.54) is 6.92 Å². The van der Waals surface area contributed by atoms with Gasteiger partial charge in [-0.2, -0.15) is 0 Å². The molecule has 0 aromatic heterocycles. The zero-order chi connectivity index (χ0) is 57.8. The Kier molecular flexibility index (Phi) is 27.4. The molecule has 1 aliphatic heterocycles. The van der Waals surface area contributed by atoms with Gasteiger partial charge in [-0.15, -0.1) is 0 Å². The van der Waals surface area contributed by atoms with E-state index in [4.69, 9.17) is 78.0 Å². The van der Waals surface area contributed by atoms with Crippen LogP contribution in [0.2, 0.25) is 0 Å². The standard InChI is InChI=1S/C39H56O33P4/c1-22(40)30(48)14-61-73(52,62-15-31(49)23(2)41)71-36-34(69-75(54,65-18-57-26(5)44)66-19-58-27(6)45)35(70-76(55,67-20-59-28(7)46)68-21-60-29(8)47)37-39(9,12-10-11-13-56-37)38(36)72-74(53,63-16-32(50)24(3)42)64-17-33(51)25(4)43/h34-38H,10-21H2,1-9H3/t34-,35-,36+,37+,38-,39-/m1/s1. The lowest BCUT2D eigenvalue weighted by atomic mass is 9.65. The fraction of sp³-hybridized carbons (Fsp3) is 0.692. The molecule has 1 aliphatic carbocycles. The maximum Gasteiger partial charge on any atom is 0.481 e. The first-order valence-electron chi connectivity index (χ1n) is 21.8. The SMILES string of the molecule is CC(=O)OCOP(=O)(OCOC(C)=O)O[C@@H]1[C@@H](OP(=O)(OCOC(C)=O)OCOC(C)=O)[C@@H]2OCCCC[C@@]2(C)[C@H](OP(=O)(OCC(=O)C(C)=O)OCC(=O)C(C)=O)[C@H]1OP(=O)(OCC(=O)C(C)=O)OCC(=O)C(C)=O. The average molecular weight is 1180 g/mol. The minimum atomic E-state index is -5.99. The molecule has 37 heteroatoms. The molecule has 33 nitrogen and oxygen atoms in total. The Morgan fingerprint density at radius 1 is 0.408 bits per heavy atom.